The van der Waals surface area contributed by atoms with Gasteiger partial charge < -0.3 is 15.0 Å². The van der Waals surface area contributed by atoms with Crippen molar-refractivity contribution in [2.45, 2.75) is 20.4 Å². The molecule has 0 bridgehead atoms. The molecule has 1 aromatic heterocycles. The molecule has 4 rings (SSSR count). The lowest BCUT2D eigenvalue weighted by atomic mass is 9.91. The molecule has 0 amide bonds. The fourth-order valence-corrected chi connectivity index (χ4v) is 3.44. The minimum Gasteiger partial charge on any atom is -0.497 e. The summed E-state index contributed by atoms with van der Waals surface area (Å²) in [6.07, 6.45) is 4.21. The molecule has 2 heterocycles. The van der Waals surface area contributed by atoms with Crippen molar-refractivity contribution in [1.82, 2.24) is 10.3 Å². The van der Waals surface area contributed by atoms with E-state index in [4.69, 9.17) is 4.74 Å². The van der Waals surface area contributed by atoms with Crippen molar-refractivity contribution in [2.24, 2.45) is 0 Å². The summed E-state index contributed by atoms with van der Waals surface area (Å²) in [6, 6.07) is 6.23. The normalized spacial score (nSPS) is 13.5. The van der Waals surface area contributed by atoms with Crippen LogP contribution in [-0.2, 0) is 6.54 Å². The second-order valence-corrected chi connectivity index (χ2v) is 5.64. The molecule has 21 heavy (non-hydrogen) atoms. The number of ether oxygens (including phenoxy) is 1. The Kier molecular flexibility index (Phi) is 2.52. The first-order valence-corrected chi connectivity index (χ1v) is 7.22. The molecule has 0 unspecified atom stereocenters. The van der Waals surface area contributed by atoms with E-state index in [0.29, 0.717) is 0 Å². The Morgan fingerprint density at radius 2 is 2.00 bits per heavy atom. The van der Waals surface area contributed by atoms with Gasteiger partial charge in [0.05, 0.1) is 12.6 Å². The van der Waals surface area contributed by atoms with Crippen molar-refractivity contribution in [3.05, 3.63) is 46.7 Å². The first kappa shape index (κ1) is 12.3. The lowest BCUT2D eigenvalue weighted by Gasteiger charge is -2.18. The van der Waals surface area contributed by atoms with Gasteiger partial charge in [-0.1, -0.05) is 0 Å². The summed E-state index contributed by atoms with van der Waals surface area (Å²) in [4.78, 5) is 3.58. The molecule has 0 aliphatic carbocycles. The largest absolute Gasteiger partial charge is 0.497 e. The summed E-state index contributed by atoms with van der Waals surface area (Å²) in [7, 11) is 1.71. The molecule has 1 aliphatic heterocycles. The maximum atomic E-state index is 5.39. The summed E-state index contributed by atoms with van der Waals surface area (Å²) in [5, 5.41) is 5.88. The quantitative estimate of drug-likeness (QED) is 0.705. The second kappa shape index (κ2) is 4.29. The number of rotatable bonds is 1. The standard InChI is InChI=1S/C18H18N2O/c1-10-15-9-19-7-6-13(15)11(2)18-17(10)14-8-12(21-3)4-5-16(14)20-18/h4-8,19-20H,9H2,1-3H3. The van der Waals surface area contributed by atoms with Gasteiger partial charge >= 0.3 is 0 Å². The monoisotopic (exact) mass is 278 g/mol. The zero-order valence-electron chi connectivity index (χ0n) is 12.5. The van der Waals surface area contributed by atoms with Gasteiger partial charge in [-0.15, -0.1) is 0 Å². The number of methoxy groups -OCH3 is 1. The fourth-order valence-electron chi connectivity index (χ4n) is 3.44. The first-order valence-electron chi connectivity index (χ1n) is 7.22. The van der Waals surface area contributed by atoms with Gasteiger partial charge in [0.25, 0.3) is 0 Å². The number of nitrogens with one attached hydrogen (secondary N) is 2. The predicted octanol–water partition coefficient (Wildman–Crippen LogP) is 4.02. The van der Waals surface area contributed by atoms with Crippen molar-refractivity contribution in [2.75, 3.05) is 7.11 Å². The SMILES string of the molecule is COc1ccc2[nH]c3c(C)c4c(c(C)c3c2c1)CNC=C4. The molecule has 3 heteroatoms. The van der Waals surface area contributed by atoms with E-state index in [1.54, 1.807) is 7.11 Å². The van der Waals surface area contributed by atoms with E-state index in [1.807, 2.05) is 12.3 Å². The fraction of sp³-hybridized carbons (Fsp3) is 0.222. The molecule has 3 aromatic rings. The van der Waals surface area contributed by atoms with Crippen molar-refractivity contribution >= 4 is 27.9 Å². The summed E-state index contributed by atoms with van der Waals surface area (Å²) in [5.41, 5.74) is 7.81. The van der Waals surface area contributed by atoms with E-state index in [9.17, 15) is 0 Å². The van der Waals surface area contributed by atoms with Crippen LogP contribution in [0.2, 0.25) is 0 Å². The average molecular weight is 278 g/mol. The molecule has 1 aliphatic rings. The van der Waals surface area contributed by atoms with Gasteiger partial charge in [0.2, 0.25) is 0 Å². The minimum atomic E-state index is 0.894. The lowest BCUT2D eigenvalue weighted by molar-refractivity contribution is 0.415. The average Bonchev–Trinajstić information content (AvgIpc) is 2.91. The van der Waals surface area contributed by atoms with Gasteiger partial charge in [0.15, 0.2) is 0 Å². The number of benzene rings is 2. The van der Waals surface area contributed by atoms with Crippen molar-refractivity contribution in [3.8, 4) is 5.75 Å². The van der Waals surface area contributed by atoms with Gasteiger partial charge in [-0.3, -0.25) is 0 Å². The highest BCUT2D eigenvalue weighted by Crippen LogP contribution is 2.37. The number of aromatic amines is 1. The third-order valence-electron chi connectivity index (χ3n) is 4.58. The summed E-state index contributed by atoms with van der Waals surface area (Å²) in [6.45, 7) is 5.31. The van der Waals surface area contributed by atoms with Gasteiger partial charge in [-0.05, 0) is 66.6 Å². The number of fused-ring (bicyclic) bond motifs is 4. The van der Waals surface area contributed by atoms with Gasteiger partial charge in [0.1, 0.15) is 5.75 Å². The maximum absolute atomic E-state index is 5.39. The van der Waals surface area contributed by atoms with Crippen molar-refractivity contribution < 1.29 is 4.74 Å². The van der Waals surface area contributed by atoms with Crippen molar-refractivity contribution in [1.29, 1.82) is 0 Å². The van der Waals surface area contributed by atoms with Crippen LogP contribution in [0.25, 0.3) is 27.9 Å². The Balaban J connectivity index is 2.20. The predicted molar refractivity (Wildman–Crippen MR) is 87.7 cm³/mol. The molecule has 3 nitrogen and oxygen atoms in total. The zero-order chi connectivity index (χ0) is 14.6. The van der Waals surface area contributed by atoms with Crippen LogP contribution in [-0.4, -0.2) is 12.1 Å². The molecule has 0 atom stereocenters. The molecule has 0 saturated carbocycles. The Morgan fingerprint density at radius 3 is 2.81 bits per heavy atom. The number of aryl methyl sites for hydroxylation is 2. The van der Waals surface area contributed by atoms with E-state index in [2.05, 4.69) is 42.4 Å². The molecule has 0 saturated heterocycles. The van der Waals surface area contributed by atoms with Crippen LogP contribution in [0.3, 0.4) is 0 Å². The maximum Gasteiger partial charge on any atom is 0.119 e. The van der Waals surface area contributed by atoms with Gasteiger partial charge in [-0.2, -0.15) is 0 Å². The Morgan fingerprint density at radius 1 is 1.14 bits per heavy atom. The number of hydrogen-bond donors (Lipinski definition) is 2. The highest BCUT2D eigenvalue weighted by Gasteiger charge is 2.18. The summed E-state index contributed by atoms with van der Waals surface area (Å²) in [5.74, 6) is 0.899. The van der Waals surface area contributed by atoms with E-state index in [0.717, 1.165) is 17.8 Å². The second-order valence-electron chi connectivity index (χ2n) is 5.64. The number of aromatic nitrogens is 1. The smallest absolute Gasteiger partial charge is 0.119 e. The van der Waals surface area contributed by atoms with Crippen LogP contribution in [0.15, 0.2) is 24.4 Å². The van der Waals surface area contributed by atoms with E-state index in [1.165, 1.54) is 38.5 Å². The summed E-state index contributed by atoms with van der Waals surface area (Å²) < 4.78 is 5.39. The number of hydrogen-bond acceptors (Lipinski definition) is 2. The molecule has 0 spiro atoms. The zero-order valence-corrected chi connectivity index (χ0v) is 12.5. The molecule has 0 fully saturated rings. The van der Waals surface area contributed by atoms with Crippen LogP contribution >= 0.6 is 0 Å². The topological polar surface area (TPSA) is 37.0 Å². The third kappa shape index (κ3) is 1.60. The molecular formula is C18H18N2O. The number of H-pyrrole nitrogens is 1. The highest BCUT2D eigenvalue weighted by molar-refractivity contribution is 6.11. The minimum absolute atomic E-state index is 0.894. The van der Waals surface area contributed by atoms with Crippen LogP contribution < -0.4 is 10.1 Å². The van der Waals surface area contributed by atoms with E-state index < -0.39 is 0 Å². The van der Waals surface area contributed by atoms with E-state index >= 15 is 0 Å². The van der Waals surface area contributed by atoms with Crippen LogP contribution in [0.4, 0.5) is 0 Å². The Hall–Kier alpha value is -2.42. The molecule has 0 radical (unpaired) electrons. The Labute approximate surface area is 123 Å². The summed E-state index contributed by atoms with van der Waals surface area (Å²) >= 11 is 0. The third-order valence-corrected chi connectivity index (χ3v) is 4.58. The molecule has 106 valence electrons. The van der Waals surface area contributed by atoms with Gasteiger partial charge in [0, 0.05) is 22.8 Å². The molecule has 2 N–H and O–H groups in total. The van der Waals surface area contributed by atoms with Crippen LogP contribution in [0, 0.1) is 13.8 Å². The van der Waals surface area contributed by atoms with Crippen LogP contribution in [0.5, 0.6) is 5.75 Å². The molecular weight excluding hydrogens is 260 g/mol. The first-order chi connectivity index (χ1) is 10.2. The van der Waals surface area contributed by atoms with Crippen LogP contribution in [0.1, 0.15) is 22.3 Å². The Bertz CT molecular complexity index is 903. The highest BCUT2D eigenvalue weighted by atomic mass is 16.5. The van der Waals surface area contributed by atoms with E-state index in [-0.39, 0.29) is 0 Å². The van der Waals surface area contributed by atoms with Crippen molar-refractivity contribution in [3.63, 3.8) is 0 Å². The van der Waals surface area contributed by atoms with Gasteiger partial charge in [-0.25, -0.2) is 0 Å². The molecule has 2 aromatic carbocycles. The lowest BCUT2D eigenvalue weighted by Crippen LogP contribution is -2.13.